The number of sulfone groups is 1. The average Bonchev–Trinajstić information content (AvgIpc) is 2.37. The Balaban J connectivity index is 2.78. The molecule has 0 aliphatic heterocycles. The second-order valence-electron chi connectivity index (χ2n) is 5.01. The molecule has 0 aliphatic carbocycles. The molecule has 0 saturated heterocycles. The van der Waals surface area contributed by atoms with Crippen LogP contribution in [0.25, 0.3) is 0 Å². The van der Waals surface area contributed by atoms with Gasteiger partial charge in [0.15, 0.2) is 0 Å². The van der Waals surface area contributed by atoms with Crippen molar-refractivity contribution < 1.29 is 18.3 Å². The summed E-state index contributed by atoms with van der Waals surface area (Å²) in [6.45, 7) is 5.29. The zero-order valence-electron chi connectivity index (χ0n) is 12.0. The van der Waals surface area contributed by atoms with Gasteiger partial charge in [-0.25, -0.2) is 8.42 Å². The quantitative estimate of drug-likeness (QED) is 0.866. The van der Waals surface area contributed by atoms with Crippen LogP contribution in [0, 0.1) is 20.8 Å². The van der Waals surface area contributed by atoms with Crippen molar-refractivity contribution >= 4 is 15.8 Å². The summed E-state index contributed by atoms with van der Waals surface area (Å²) in [5.41, 5.74) is 1.83. The van der Waals surface area contributed by atoms with E-state index in [9.17, 15) is 18.3 Å². The van der Waals surface area contributed by atoms with Gasteiger partial charge in [-0.3, -0.25) is 0 Å². The molecule has 0 aromatic heterocycles. The van der Waals surface area contributed by atoms with Gasteiger partial charge in [-0.1, -0.05) is 35.9 Å². The molecule has 4 nitrogen and oxygen atoms in total. The van der Waals surface area contributed by atoms with Gasteiger partial charge in [0, 0.05) is 5.56 Å². The first-order valence-electron chi connectivity index (χ1n) is 6.38. The van der Waals surface area contributed by atoms with Crippen LogP contribution in [0.5, 0.6) is 0 Å². The number of hydrogen-bond acceptors (Lipinski definition) is 4. The number of rotatable bonds is 3. The lowest BCUT2D eigenvalue weighted by atomic mass is 10.1. The normalized spacial score (nSPS) is 11.4. The molecule has 0 heterocycles. The molecule has 0 unspecified atom stereocenters. The van der Waals surface area contributed by atoms with E-state index >= 15 is 0 Å². The van der Waals surface area contributed by atoms with Gasteiger partial charge >= 0.3 is 0 Å². The van der Waals surface area contributed by atoms with Crippen molar-refractivity contribution in [3.63, 3.8) is 0 Å². The first-order chi connectivity index (χ1) is 9.75. The van der Waals surface area contributed by atoms with Crippen molar-refractivity contribution in [3.8, 4) is 0 Å². The molecule has 2 rings (SSSR count). The highest BCUT2D eigenvalue weighted by molar-refractivity contribution is 7.91. The Bertz CT molecular complexity index is 797. The number of carboxylic acids is 1. The molecule has 0 atom stereocenters. The fourth-order valence-electron chi connectivity index (χ4n) is 2.57. The molecule has 2 aromatic rings. The fraction of sp³-hybridized carbons (Fsp3) is 0.188. The Hall–Kier alpha value is -2.14. The van der Waals surface area contributed by atoms with Crippen LogP contribution in [0.2, 0.25) is 0 Å². The molecule has 0 saturated carbocycles. The summed E-state index contributed by atoms with van der Waals surface area (Å²) < 4.78 is 25.6. The second-order valence-corrected chi connectivity index (χ2v) is 6.87. The van der Waals surface area contributed by atoms with E-state index in [1.54, 1.807) is 26.0 Å². The highest BCUT2D eigenvalue weighted by Crippen LogP contribution is 2.29. The molecule has 5 heteroatoms. The maximum atomic E-state index is 12.8. The summed E-state index contributed by atoms with van der Waals surface area (Å²) >= 11 is 0. The van der Waals surface area contributed by atoms with Crippen LogP contribution in [0.3, 0.4) is 0 Å². The van der Waals surface area contributed by atoms with Crippen LogP contribution in [0.1, 0.15) is 27.0 Å². The summed E-state index contributed by atoms with van der Waals surface area (Å²) in [4.78, 5) is 11.1. The predicted molar refractivity (Wildman–Crippen MR) is 76.9 cm³/mol. The molecule has 2 aromatic carbocycles. The Morgan fingerprint density at radius 3 is 2.05 bits per heavy atom. The van der Waals surface area contributed by atoms with Crippen molar-refractivity contribution in [2.45, 2.75) is 30.6 Å². The minimum atomic E-state index is -3.91. The number of aromatic carboxylic acids is 1. The molecule has 0 amide bonds. The highest BCUT2D eigenvalue weighted by Gasteiger charge is 2.25. The largest absolute Gasteiger partial charge is 0.545 e. The van der Waals surface area contributed by atoms with Gasteiger partial charge in [0.1, 0.15) is 0 Å². The second kappa shape index (κ2) is 5.33. The molecule has 0 fully saturated rings. The zero-order chi connectivity index (χ0) is 15.8. The Morgan fingerprint density at radius 1 is 1.00 bits per heavy atom. The third-order valence-electron chi connectivity index (χ3n) is 3.27. The third-order valence-corrected chi connectivity index (χ3v) is 5.39. The van der Waals surface area contributed by atoms with E-state index in [1.807, 2.05) is 6.92 Å². The smallest absolute Gasteiger partial charge is 0.207 e. The zero-order valence-corrected chi connectivity index (χ0v) is 12.8. The summed E-state index contributed by atoms with van der Waals surface area (Å²) in [7, 11) is -3.91. The van der Waals surface area contributed by atoms with E-state index in [-0.39, 0.29) is 15.4 Å². The molecule has 0 N–H and O–H groups in total. The van der Waals surface area contributed by atoms with Crippen molar-refractivity contribution in [1.29, 1.82) is 0 Å². The topological polar surface area (TPSA) is 74.3 Å². The summed E-state index contributed by atoms with van der Waals surface area (Å²) in [5, 5.41) is 11.1. The van der Waals surface area contributed by atoms with Crippen LogP contribution in [0.15, 0.2) is 46.2 Å². The first kappa shape index (κ1) is 15.3. The van der Waals surface area contributed by atoms with E-state index in [1.165, 1.54) is 24.3 Å². The minimum Gasteiger partial charge on any atom is -0.545 e. The minimum absolute atomic E-state index is 0.154. The Kier molecular flexibility index (Phi) is 3.87. The van der Waals surface area contributed by atoms with Gasteiger partial charge in [-0.05, 0) is 38.0 Å². The fourth-order valence-corrected chi connectivity index (χ4v) is 4.45. The number of aryl methyl sites for hydroxylation is 3. The first-order valence-corrected chi connectivity index (χ1v) is 7.87. The average molecular weight is 303 g/mol. The molecular weight excluding hydrogens is 288 g/mol. The van der Waals surface area contributed by atoms with Crippen LogP contribution in [-0.4, -0.2) is 14.4 Å². The van der Waals surface area contributed by atoms with E-state index in [0.717, 1.165) is 5.56 Å². The number of benzene rings is 2. The van der Waals surface area contributed by atoms with Gasteiger partial charge in [0.05, 0.1) is 15.8 Å². The molecule has 110 valence electrons. The lowest BCUT2D eigenvalue weighted by Crippen LogP contribution is -2.25. The van der Waals surface area contributed by atoms with E-state index in [0.29, 0.717) is 11.1 Å². The number of carbonyl (C=O) groups is 1. The number of carboxylic acid groups (broad SMARTS) is 1. The lowest BCUT2D eigenvalue weighted by Gasteiger charge is -2.15. The highest BCUT2D eigenvalue weighted by atomic mass is 32.2. The Morgan fingerprint density at radius 2 is 1.52 bits per heavy atom. The summed E-state index contributed by atoms with van der Waals surface area (Å²) in [5.74, 6) is -1.50. The molecule has 0 radical (unpaired) electrons. The number of carbonyl (C=O) groups excluding carboxylic acids is 1. The maximum absolute atomic E-state index is 12.8. The van der Waals surface area contributed by atoms with Gasteiger partial charge in [0.2, 0.25) is 9.84 Å². The summed E-state index contributed by atoms with van der Waals surface area (Å²) in [6, 6.07) is 9.03. The van der Waals surface area contributed by atoms with Crippen molar-refractivity contribution in [2.75, 3.05) is 0 Å². The van der Waals surface area contributed by atoms with Crippen molar-refractivity contribution in [3.05, 3.63) is 58.7 Å². The standard InChI is InChI=1S/C16H16O4S/c1-10-8-11(2)15(12(3)9-10)21(19,20)14-7-5-4-6-13(14)16(17)18/h4-9H,1-3H3,(H,17,18)/p-1. The third kappa shape index (κ3) is 2.69. The van der Waals surface area contributed by atoms with Gasteiger partial charge < -0.3 is 9.90 Å². The van der Waals surface area contributed by atoms with Crippen LogP contribution < -0.4 is 5.11 Å². The van der Waals surface area contributed by atoms with Crippen LogP contribution in [0.4, 0.5) is 0 Å². The molecular formula is C16H15O4S-. The van der Waals surface area contributed by atoms with Gasteiger partial charge in [-0.15, -0.1) is 0 Å². The number of hydrogen-bond donors (Lipinski definition) is 0. The van der Waals surface area contributed by atoms with E-state index in [2.05, 4.69) is 0 Å². The molecule has 0 aliphatic rings. The van der Waals surface area contributed by atoms with E-state index < -0.39 is 15.8 Å². The van der Waals surface area contributed by atoms with Crippen molar-refractivity contribution in [1.82, 2.24) is 0 Å². The molecule has 21 heavy (non-hydrogen) atoms. The molecule has 0 spiro atoms. The van der Waals surface area contributed by atoms with Gasteiger partial charge in [0.25, 0.3) is 0 Å². The monoisotopic (exact) mass is 303 g/mol. The van der Waals surface area contributed by atoms with E-state index in [4.69, 9.17) is 0 Å². The predicted octanol–water partition coefficient (Wildman–Crippen LogP) is 1.81. The summed E-state index contributed by atoms with van der Waals surface area (Å²) in [6.07, 6.45) is 0. The lowest BCUT2D eigenvalue weighted by molar-refractivity contribution is -0.255. The molecule has 0 bridgehead atoms. The SMILES string of the molecule is Cc1cc(C)c(S(=O)(=O)c2ccccc2C(=O)[O-])c(C)c1. The van der Waals surface area contributed by atoms with Gasteiger partial charge in [-0.2, -0.15) is 0 Å². The van der Waals surface area contributed by atoms with Crippen LogP contribution >= 0.6 is 0 Å². The maximum Gasteiger partial charge on any atom is 0.207 e. The van der Waals surface area contributed by atoms with Crippen molar-refractivity contribution in [2.24, 2.45) is 0 Å². The van der Waals surface area contributed by atoms with Crippen LogP contribution in [-0.2, 0) is 9.84 Å². The Labute approximate surface area is 124 Å².